The molecule has 118 valence electrons. The van der Waals surface area contributed by atoms with Crippen LogP contribution in [-0.2, 0) is 16.0 Å². The van der Waals surface area contributed by atoms with Gasteiger partial charge < -0.3 is 4.74 Å². The van der Waals surface area contributed by atoms with E-state index >= 15 is 0 Å². The maximum atomic E-state index is 12.9. The van der Waals surface area contributed by atoms with Gasteiger partial charge in [-0.1, -0.05) is 57.0 Å². The highest BCUT2D eigenvalue weighted by molar-refractivity contribution is 9.10. The van der Waals surface area contributed by atoms with Gasteiger partial charge in [-0.15, -0.1) is 0 Å². The Morgan fingerprint density at radius 1 is 1.23 bits per heavy atom. The fourth-order valence-corrected chi connectivity index (χ4v) is 5.44. The van der Waals surface area contributed by atoms with Gasteiger partial charge in [-0.2, -0.15) is 0 Å². The minimum Gasteiger partial charge on any atom is -0.443 e. The van der Waals surface area contributed by atoms with Crippen molar-refractivity contribution in [3.63, 3.8) is 0 Å². The molecule has 2 amide bonds. The number of benzene rings is 1. The molecule has 0 bridgehead atoms. The molecule has 0 aromatic heterocycles. The number of alkyl halides is 2. The van der Waals surface area contributed by atoms with Crippen LogP contribution in [0.5, 0.6) is 0 Å². The van der Waals surface area contributed by atoms with Crippen LogP contribution in [0.1, 0.15) is 25.3 Å². The topological polar surface area (TPSA) is 46.6 Å². The summed E-state index contributed by atoms with van der Waals surface area (Å²) in [4.78, 5) is 26.8. The van der Waals surface area contributed by atoms with Crippen molar-refractivity contribution in [2.75, 3.05) is 4.90 Å². The molecule has 1 aliphatic heterocycles. The molecule has 6 heteroatoms. The molecule has 22 heavy (non-hydrogen) atoms. The van der Waals surface area contributed by atoms with Crippen LogP contribution < -0.4 is 4.90 Å². The van der Waals surface area contributed by atoms with E-state index in [0.717, 1.165) is 18.4 Å². The van der Waals surface area contributed by atoms with Gasteiger partial charge in [0.15, 0.2) is 0 Å². The minimum atomic E-state index is -0.565. The van der Waals surface area contributed by atoms with E-state index in [1.165, 1.54) is 4.90 Å². The van der Waals surface area contributed by atoms with Crippen molar-refractivity contribution in [1.29, 1.82) is 0 Å². The van der Waals surface area contributed by atoms with Gasteiger partial charge in [0, 0.05) is 4.83 Å². The van der Waals surface area contributed by atoms with Crippen LogP contribution in [0.25, 0.3) is 0 Å². The van der Waals surface area contributed by atoms with Crippen LogP contribution in [0.15, 0.2) is 24.3 Å². The van der Waals surface area contributed by atoms with E-state index < -0.39 is 6.09 Å². The molecule has 2 aliphatic rings. The van der Waals surface area contributed by atoms with Crippen LogP contribution in [0.3, 0.4) is 0 Å². The monoisotopic (exact) mass is 429 g/mol. The van der Waals surface area contributed by atoms with E-state index in [2.05, 4.69) is 31.9 Å². The molecular weight excluding hydrogens is 414 g/mol. The molecule has 1 heterocycles. The summed E-state index contributed by atoms with van der Waals surface area (Å²) in [5.41, 5.74) is 1.61. The van der Waals surface area contributed by atoms with E-state index in [-0.39, 0.29) is 27.6 Å². The fourth-order valence-electron chi connectivity index (χ4n) is 3.20. The van der Waals surface area contributed by atoms with Crippen LogP contribution in [-0.4, -0.2) is 27.8 Å². The van der Waals surface area contributed by atoms with Gasteiger partial charge in [-0.05, 0) is 30.9 Å². The number of halogens is 2. The van der Waals surface area contributed by atoms with Crippen molar-refractivity contribution >= 4 is 49.5 Å². The van der Waals surface area contributed by atoms with Gasteiger partial charge in [0.2, 0.25) is 5.91 Å². The molecule has 4 nitrogen and oxygen atoms in total. The Bertz CT molecular complexity index is 607. The normalized spacial score (nSPS) is 31.7. The lowest BCUT2D eigenvalue weighted by atomic mass is 9.84. The van der Waals surface area contributed by atoms with Gasteiger partial charge >= 0.3 is 6.09 Å². The first-order valence-electron chi connectivity index (χ1n) is 7.43. The largest absolute Gasteiger partial charge is 0.443 e. The van der Waals surface area contributed by atoms with E-state index in [4.69, 9.17) is 4.74 Å². The lowest BCUT2D eigenvalue weighted by Crippen LogP contribution is -2.57. The zero-order valence-corrected chi connectivity index (χ0v) is 15.3. The molecule has 4 unspecified atom stereocenters. The zero-order valence-electron chi connectivity index (χ0n) is 12.2. The molecule has 4 atom stereocenters. The average Bonchev–Trinajstić information content (AvgIpc) is 2.49. The highest BCUT2D eigenvalue weighted by Crippen LogP contribution is 2.40. The Kier molecular flexibility index (Phi) is 4.59. The first-order valence-corrected chi connectivity index (χ1v) is 9.26. The molecule has 0 radical (unpaired) electrons. The summed E-state index contributed by atoms with van der Waals surface area (Å²) in [5.74, 6) is -0.458. The fraction of sp³-hybridized carbons (Fsp3) is 0.500. The first-order chi connectivity index (χ1) is 10.5. The van der Waals surface area contributed by atoms with Gasteiger partial charge in [0.05, 0.1) is 16.4 Å². The summed E-state index contributed by atoms with van der Waals surface area (Å²) in [6.07, 6.45) is 1.34. The number of hydrogen-bond donors (Lipinski definition) is 0. The number of para-hydroxylation sites is 1. The van der Waals surface area contributed by atoms with Gasteiger partial charge in [-0.3, -0.25) is 4.79 Å². The highest BCUT2D eigenvalue weighted by Gasteiger charge is 2.50. The Balaban J connectivity index is 1.96. The Morgan fingerprint density at radius 2 is 1.95 bits per heavy atom. The van der Waals surface area contributed by atoms with Crippen molar-refractivity contribution in [1.82, 2.24) is 0 Å². The summed E-state index contributed by atoms with van der Waals surface area (Å²) in [7, 11) is 0. The molecule has 0 spiro atoms. The summed E-state index contributed by atoms with van der Waals surface area (Å²) in [6.45, 7) is 2.00. The predicted molar refractivity (Wildman–Crippen MR) is 91.7 cm³/mol. The SMILES string of the molecule is CCc1ccccc1N1C(=O)OC2C(Br)CC(Br)CC2C1=O. The third-order valence-corrected chi connectivity index (χ3v) is 5.96. The summed E-state index contributed by atoms with van der Waals surface area (Å²) in [5, 5.41) is 0. The second-order valence-electron chi connectivity index (χ2n) is 5.70. The molecule has 3 rings (SSSR count). The summed E-state index contributed by atoms with van der Waals surface area (Å²) in [6, 6.07) is 7.49. The number of fused-ring (bicyclic) bond motifs is 1. The van der Waals surface area contributed by atoms with Crippen molar-refractivity contribution in [2.45, 2.75) is 41.9 Å². The quantitative estimate of drug-likeness (QED) is 0.665. The maximum Gasteiger partial charge on any atom is 0.421 e. The number of hydrogen-bond acceptors (Lipinski definition) is 3. The van der Waals surface area contributed by atoms with Gasteiger partial charge in [-0.25, -0.2) is 9.69 Å². The molecule has 1 aromatic rings. The molecule has 1 aliphatic carbocycles. The Labute approximate surface area is 146 Å². The highest BCUT2D eigenvalue weighted by atomic mass is 79.9. The zero-order chi connectivity index (χ0) is 15.9. The molecule has 0 N–H and O–H groups in total. The number of aryl methyl sites for hydroxylation is 1. The molecule has 1 saturated heterocycles. The standard InChI is InChI=1S/C16H17Br2NO3/c1-2-9-5-3-4-6-13(9)19-15(20)11-7-10(17)8-12(18)14(11)22-16(19)21/h3-6,10-12,14H,2,7-8H2,1H3. The van der Waals surface area contributed by atoms with E-state index in [0.29, 0.717) is 12.1 Å². The second kappa shape index (κ2) is 6.32. The Morgan fingerprint density at radius 3 is 2.68 bits per heavy atom. The summed E-state index contributed by atoms with van der Waals surface area (Å²) >= 11 is 7.15. The number of amides is 2. The van der Waals surface area contributed by atoms with Gasteiger partial charge in [0.1, 0.15) is 6.10 Å². The van der Waals surface area contributed by atoms with Crippen molar-refractivity contribution in [3.8, 4) is 0 Å². The maximum absolute atomic E-state index is 12.9. The average molecular weight is 431 g/mol. The number of carbonyl (C=O) groups excluding carboxylic acids is 2. The van der Waals surface area contributed by atoms with Crippen molar-refractivity contribution in [3.05, 3.63) is 29.8 Å². The number of anilines is 1. The number of nitrogens with zero attached hydrogens (tertiary/aromatic N) is 1. The molecular formula is C16H17Br2NO3. The lowest BCUT2D eigenvalue weighted by molar-refractivity contribution is -0.130. The minimum absolute atomic E-state index is 0.00657. The van der Waals surface area contributed by atoms with Crippen molar-refractivity contribution < 1.29 is 14.3 Å². The van der Waals surface area contributed by atoms with Crippen LogP contribution in [0.2, 0.25) is 0 Å². The number of carbonyl (C=O) groups is 2. The predicted octanol–water partition coefficient (Wildman–Crippen LogP) is 4.04. The molecule has 1 aromatic carbocycles. The molecule has 2 fully saturated rings. The van der Waals surface area contributed by atoms with E-state index in [1.54, 1.807) is 6.07 Å². The first kappa shape index (κ1) is 16.0. The smallest absolute Gasteiger partial charge is 0.421 e. The lowest BCUT2D eigenvalue weighted by Gasteiger charge is -2.42. The molecule has 1 saturated carbocycles. The summed E-state index contributed by atoms with van der Waals surface area (Å²) < 4.78 is 5.59. The third-order valence-electron chi connectivity index (χ3n) is 4.31. The van der Waals surface area contributed by atoms with Gasteiger partial charge in [0.25, 0.3) is 0 Å². The second-order valence-corrected chi connectivity index (χ2v) is 8.17. The van der Waals surface area contributed by atoms with Crippen molar-refractivity contribution in [2.24, 2.45) is 5.92 Å². The van der Waals surface area contributed by atoms with Crippen LogP contribution in [0, 0.1) is 5.92 Å². The Hall–Kier alpha value is -0.880. The number of rotatable bonds is 2. The van der Waals surface area contributed by atoms with Crippen LogP contribution in [0.4, 0.5) is 10.5 Å². The van der Waals surface area contributed by atoms with E-state index in [9.17, 15) is 9.59 Å². The van der Waals surface area contributed by atoms with E-state index in [1.807, 2.05) is 25.1 Å². The third kappa shape index (κ3) is 2.71. The van der Waals surface area contributed by atoms with Crippen LogP contribution >= 0.6 is 31.9 Å². The number of ether oxygens (including phenoxy) is 1. The number of imide groups is 1.